The number of hydrogen-bond donors (Lipinski definition) is 4. The summed E-state index contributed by atoms with van der Waals surface area (Å²) in [5.41, 5.74) is -1.71. The van der Waals surface area contributed by atoms with Crippen molar-refractivity contribution in [1.29, 1.82) is 0 Å². The van der Waals surface area contributed by atoms with Crippen molar-refractivity contribution in [2.24, 2.45) is 0 Å². The number of rotatable bonds is 5. The van der Waals surface area contributed by atoms with E-state index in [1.165, 1.54) is 24.3 Å². The summed E-state index contributed by atoms with van der Waals surface area (Å²) in [7, 11) is 0. The van der Waals surface area contributed by atoms with Crippen LogP contribution in [0.1, 0.15) is 35.2 Å². The fraction of sp³-hybridized carbons (Fsp3) is 0.261. The fourth-order valence-corrected chi connectivity index (χ4v) is 4.84. The Bertz CT molecular complexity index is 1260. The third kappa shape index (κ3) is 3.99. The third-order valence-electron chi connectivity index (χ3n) is 6.17. The molecule has 8 nitrogen and oxygen atoms in total. The molecule has 2 unspecified atom stereocenters. The lowest BCUT2D eigenvalue weighted by Gasteiger charge is -2.23. The number of amides is 2. The normalized spacial score (nSPS) is 21.4. The van der Waals surface area contributed by atoms with Gasteiger partial charge in [-0.3, -0.25) is 14.7 Å². The average Bonchev–Trinajstić information content (AvgIpc) is 3.49. The fourth-order valence-electron chi connectivity index (χ4n) is 4.75. The first-order valence-corrected chi connectivity index (χ1v) is 10.9. The molecule has 2 aliphatic rings. The predicted octanol–water partition coefficient (Wildman–Crippen LogP) is 4.23. The highest BCUT2D eigenvalue weighted by Gasteiger charge is 2.52. The molecule has 4 N–H and O–H groups in total. The zero-order valence-corrected chi connectivity index (χ0v) is 18.3. The lowest BCUT2D eigenvalue weighted by molar-refractivity contribution is -0.120. The molecule has 176 valence electrons. The van der Waals surface area contributed by atoms with E-state index in [2.05, 4.69) is 25.6 Å². The molecule has 2 heterocycles. The number of H-pyrrole nitrogens is 1. The number of carbonyl (C=O) groups is 2. The number of aliphatic hydroxyl groups excluding tert-OH is 1. The molecule has 1 aliphatic heterocycles. The van der Waals surface area contributed by atoms with E-state index >= 15 is 0 Å². The minimum atomic E-state index is -3.84. The zero-order valence-electron chi connectivity index (χ0n) is 17.6. The van der Waals surface area contributed by atoms with Crippen LogP contribution in [0, 0.1) is 0 Å². The largest absolute Gasteiger partial charge is 0.487 e. The number of hydrogen-bond acceptors (Lipinski definition) is 5. The van der Waals surface area contributed by atoms with Crippen LogP contribution in [0.25, 0.3) is 11.3 Å². The Morgan fingerprint density at radius 3 is 2.65 bits per heavy atom. The molecule has 1 aliphatic carbocycles. The Morgan fingerprint density at radius 1 is 1.26 bits per heavy atom. The van der Waals surface area contributed by atoms with Crippen molar-refractivity contribution in [3.63, 3.8) is 0 Å². The molecule has 11 heteroatoms. The monoisotopic (exact) mass is 488 g/mol. The van der Waals surface area contributed by atoms with E-state index in [0.29, 0.717) is 41.9 Å². The van der Waals surface area contributed by atoms with Crippen LogP contribution in [0.15, 0.2) is 48.7 Å². The Balaban J connectivity index is 1.48. The maximum absolute atomic E-state index is 13.0. The van der Waals surface area contributed by atoms with Gasteiger partial charge in [-0.25, -0.2) is 0 Å². The van der Waals surface area contributed by atoms with Crippen molar-refractivity contribution < 1.29 is 28.2 Å². The van der Waals surface area contributed by atoms with E-state index in [1.807, 2.05) is 0 Å². The van der Waals surface area contributed by atoms with E-state index in [1.54, 1.807) is 24.4 Å². The minimum absolute atomic E-state index is 0.164. The highest BCUT2D eigenvalue weighted by atomic mass is 35.5. The van der Waals surface area contributed by atoms with E-state index in [0.717, 1.165) is 5.56 Å². The molecule has 0 saturated heterocycles. The van der Waals surface area contributed by atoms with Crippen LogP contribution in [0.3, 0.4) is 0 Å². The number of aromatic nitrogens is 2. The van der Waals surface area contributed by atoms with Crippen molar-refractivity contribution in [2.75, 3.05) is 10.6 Å². The molecule has 34 heavy (non-hydrogen) atoms. The number of fused-ring (bicyclic) bond motifs is 2. The summed E-state index contributed by atoms with van der Waals surface area (Å²) >= 11 is 4.76. The highest BCUT2D eigenvalue weighted by molar-refractivity contribution is 6.20. The van der Waals surface area contributed by atoms with Crippen molar-refractivity contribution in [1.82, 2.24) is 10.2 Å². The molecule has 1 aromatic heterocycles. The smallest absolute Gasteiger partial charge is 0.420 e. The van der Waals surface area contributed by atoms with Crippen LogP contribution in [0.2, 0.25) is 0 Å². The first-order chi connectivity index (χ1) is 16.1. The molecule has 2 aromatic carbocycles. The number of aromatic amines is 1. The zero-order chi connectivity index (χ0) is 24.1. The summed E-state index contributed by atoms with van der Waals surface area (Å²) in [5.74, 6) is -0.847. The van der Waals surface area contributed by atoms with Crippen molar-refractivity contribution in [3.8, 4) is 17.0 Å². The molecule has 2 atom stereocenters. The van der Waals surface area contributed by atoms with Crippen molar-refractivity contribution in [2.45, 2.75) is 36.3 Å². The van der Waals surface area contributed by atoms with E-state index in [9.17, 15) is 23.5 Å². The predicted molar refractivity (Wildman–Crippen MR) is 120 cm³/mol. The van der Waals surface area contributed by atoms with Crippen molar-refractivity contribution in [3.05, 3.63) is 59.8 Å². The van der Waals surface area contributed by atoms with Crippen LogP contribution >= 0.6 is 11.6 Å². The van der Waals surface area contributed by atoms with Gasteiger partial charge >= 0.3 is 5.57 Å². The molecule has 5 rings (SSSR count). The summed E-state index contributed by atoms with van der Waals surface area (Å²) < 4.78 is 29.8. The summed E-state index contributed by atoms with van der Waals surface area (Å²) in [4.78, 5) is 26.0. The van der Waals surface area contributed by atoms with Gasteiger partial charge in [0.05, 0.1) is 17.2 Å². The quantitative estimate of drug-likeness (QED) is 0.401. The van der Waals surface area contributed by atoms with Gasteiger partial charge in [-0.05, 0) is 61.7 Å². The number of aliphatic hydroxyl groups is 1. The molecule has 1 spiro atoms. The van der Waals surface area contributed by atoms with Crippen LogP contribution in [-0.2, 0) is 10.2 Å². The van der Waals surface area contributed by atoms with Crippen LogP contribution in [-0.4, -0.2) is 38.8 Å². The van der Waals surface area contributed by atoms with E-state index < -0.39 is 23.0 Å². The second-order valence-corrected chi connectivity index (χ2v) is 8.81. The molecule has 2 amide bonds. The number of alkyl halides is 3. The van der Waals surface area contributed by atoms with Crippen LogP contribution in [0.5, 0.6) is 5.75 Å². The van der Waals surface area contributed by atoms with Gasteiger partial charge in [-0.1, -0.05) is 0 Å². The van der Waals surface area contributed by atoms with Gasteiger partial charge in [-0.2, -0.15) is 5.10 Å². The van der Waals surface area contributed by atoms with Gasteiger partial charge in [0.15, 0.2) is 0 Å². The second kappa shape index (κ2) is 8.07. The first kappa shape index (κ1) is 22.3. The number of nitrogens with zero attached hydrogens (tertiary/aromatic N) is 1. The topological polar surface area (TPSA) is 116 Å². The SMILES string of the molecule is O=C(Nc1ccc(OC(F)(F)Cl)cc1)c1cc2c(c(-c3cc[nH]n3)c1)C1(CCC(O)C1)C(=O)N2. The first-order valence-electron chi connectivity index (χ1n) is 10.5. The second-order valence-electron chi connectivity index (χ2n) is 8.37. The number of benzene rings is 2. The lowest BCUT2D eigenvalue weighted by Crippen LogP contribution is -2.32. The number of halogens is 3. The van der Waals surface area contributed by atoms with Crippen LogP contribution in [0.4, 0.5) is 20.2 Å². The Hall–Kier alpha value is -3.50. The van der Waals surface area contributed by atoms with Crippen LogP contribution < -0.4 is 15.4 Å². The Kier molecular flexibility index (Phi) is 5.29. The average molecular weight is 489 g/mol. The molecule has 1 saturated carbocycles. The highest BCUT2D eigenvalue weighted by Crippen LogP contribution is 2.52. The number of anilines is 2. The molecule has 1 fully saturated rings. The third-order valence-corrected chi connectivity index (χ3v) is 6.25. The van der Waals surface area contributed by atoms with Crippen molar-refractivity contribution >= 4 is 34.8 Å². The van der Waals surface area contributed by atoms with E-state index in [4.69, 9.17) is 11.6 Å². The molecular weight excluding hydrogens is 470 g/mol. The van der Waals surface area contributed by atoms with Gasteiger partial charge in [0.1, 0.15) is 5.75 Å². The molecule has 0 radical (unpaired) electrons. The maximum Gasteiger partial charge on any atom is 0.487 e. The van der Waals surface area contributed by atoms with Gasteiger partial charge in [0.2, 0.25) is 5.91 Å². The molecular formula is C23H19ClF2N4O4. The summed E-state index contributed by atoms with van der Waals surface area (Å²) in [5, 5.41) is 22.7. The minimum Gasteiger partial charge on any atom is -0.420 e. The van der Waals surface area contributed by atoms with Gasteiger partial charge < -0.3 is 20.5 Å². The standard InChI is InChI=1S/C23H19ClF2N4O4/c24-23(25,26)34-15-3-1-13(2-4-15)28-20(32)12-9-16(17-6-8-27-30-17)19-18(10-12)29-21(33)22(19)7-5-14(31)11-22/h1-4,6,8-10,14,31H,5,7,11H2,(H,27,30)(H,28,32)(H,29,33). The summed E-state index contributed by atoms with van der Waals surface area (Å²) in [6, 6.07) is 10.3. The molecule has 3 aromatic rings. The maximum atomic E-state index is 13.0. The van der Waals surface area contributed by atoms with Gasteiger partial charge in [-0.15, -0.1) is 8.78 Å². The van der Waals surface area contributed by atoms with Gasteiger partial charge in [0.25, 0.3) is 5.91 Å². The lowest BCUT2D eigenvalue weighted by atomic mass is 9.76. The number of ether oxygens (including phenoxy) is 1. The summed E-state index contributed by atoms with van der Waals surface area (Å²) in [6.45, 7) is 0. The number of nitrogens with one attached hydrogen (secondary N) is 3. The van der Waals surface area contributed by atoms with Gasteiger partial charge in [0, 0.05) is 45.9 Å². The Labute approximate surface area is 197 Å². The molecule has 0 bridgehead atoms. The summed E-state index contributed by atoms with van der Waals surface area (Å²) in [6.07, 6.45) is 2.35. The Morgan fingerprint density at radius 2 is 2.03 bits per heavy atom. The number of carbonyl (C=O) groups excluding carboxylic acids is 2. The van der Waals surface area contributed by atoms with E-state index in [-0.39, 0.29) is 17.2 Å².